The molecule has 0 spiro atoms. The van der Waals surface area contributed by atoms with Crippen LogP contribution >= 0.6 is 11.3 Å². The van der Waals surface area contributed by atoms with Gasteiger partial charge in [-0.15, -0.1) is 16.4 Å². The second-order valence-electron chi connectivity index (χ2n) is 3.61. The predicted molar refractivity (Wildman–Crippen MR) is 60.6 cm³/mol. The van der Waals surface area contributed by atoms with Crippen molar-refractivity contribution < 1.29 is 13.2 Å². The smallest absolute Gasteiger partial charge is 0.344 e. The van der Waals surface area contributed by atoms with Crippen molar-refractivity contribution >= 4 is 17.3 Å². The molecule has 0 bridgehead atoms. The highest BCUT2D eigenvalue weighted by Crippen LogP contribution is 2.15. The van der Waals surface area contributed by atoms with Gasteiger partial charge in [0.25, 0.3) is 0 Å². The summed E-state index contributed by atoms with van der Waals surface area (Å²) in [5.74, 6) is 0.416. The second-order valence-corrected chi connectivity index (χ2v) is 4.67. The predicted octanol–water partition coefficient (Wildman–Crippen LogP) is 2.13. The molecule has 0 amide bonds. The Bertz CT molecular complexity index is 518. The highest BCUT2D eigenvalue weighted by molar-refractivity contribution is 7.09. The van der Waals surface area contributed by atoms with Crippen LogP contribution in [-0.2, 0) is 6.42 Å². The van der Waals surface area contributed by atoms with E-state index in [9.17, 15) is 13.2 Å². The van der Waals surface area contributed by atoms with Gasteiger partial charge in [0, 0.05) is 5.38 Å². The maximum absolute atomic E-state index is 12.0. The summed E-state index contributed by atoms with van der Waals surface area (Å²) in [7, 11) is 0. The van der Waals surface area contributed by atoms with Crippen LogP contribution in [0, 0.1) is 6.92 Å². The fourth-order valence-corrected chi connectivity index (χ4v) is 1.91. The minimum atomic E-state index is -4.28. The van der Waals surface area contributed by atoms with Crippen molar-refractivity contribution in [3.05, 3.63) is 21.9 Å². The Balaban J connectivity index is 1.94. The Morgan fingerprint density at radius 1 is 1.39 bits per heavy atom. The molecule has 0 aliphatic carbocycles. The zero-order chi connectivity index (χ0) is 13.2. The first-order valence-corrected chi connectivity index (χ1v) is 5.93. The fourth-order valence-electron chi connectivity index (χ4n) is 1.29. The number of thiazole rings is 1. The van der Waals surface area contributed by atoms with E-state index in [0.29, 0.717) is 12.2 Å². The van der Waals surface area contributed by atoms with Crippen LogP contribution in [0.15, 0.2) is 5.38 Å². The van der Waals surface area contributed by atoms with E-state index < -0.39 is 12.7 Å². The SMILES string of the molecule is Cc1nc(Cc2nc(NCC(F)(F)F)n[nH]2)cs1. The second kappa shape index (κ2) is 4.92. The topological polar surface area (TPSA) is 66.5 Å². The summed E-state index contributed by atoms with van der Waals surface area (Å²) in [5.41, 5.74) is 0.816. The molecular formula is C9H10F3N5S. The molecule has 0 aromatic carbocycles. The van der Waals surface area contributed by atoms with E-state index in [1.165, 1.54) is 11.3 Å². The van der Waals surface area contributed by atoms with Crippen LogP contribution in [0.5, 0.6) is 0 Å². The number of halogens is 3. The molecule has 0 atom stereocenters. The summed E-state index contributed by atoms with van der Waals surface area (Å²) in [6, 6.07) is 0. The number of hydrogen-bond donors (Lipinski definition) is 2. The number of rotatable bonds is 4. The minimum Gasteiger partial charge on any atom is -0.344 e. The number of aromatic nitrogens is 4. The summed E-state index contributed by atoms with van der Waals surface area (Å²) >= 11 is 1.51. The molecule has 0 fully saturated rings. The molecule has 2 N–H and O–H groups in total. The normalized spacial score (nSPS) is 11.8. The molecule has 0 saturated carbocycles. The average molecular weight is 277 g/mol. The summed E-state index contributed by atoms with van der Waals surface area (Å²) in [6.07, 6.45) is -3.86. The van der Waals surface area contributed by atoms with Gasteiger partial charge >= 0.3 is 6.18 Å². The molecule has 0 radical (unpaired) electrons. The van der Waals surface area contributed by atoms with Gasteiger partial charge in [0.15, 0.2) is 0 Å². The molecule has 2 heterocycles. The Morgan fingerprint density at radius 2 is 2.17 bits per heavy atom. The number of nitrogens with zero attached hydrogens (tertiary/aromatic N) is 3. The maximum Gasteiger partial charge on any atom is 0.405 e. The summed E-state index contributed by atoms with van der Waals surface area (Å²) in [4.78, 5) is 8.14. The third-order valence-electron chi connectivity index (χ3n) is 1.99. The van der Waals surface area contributed by atoms with Gasteiger partial charge in [0.2, 0.25) is 5.95 Å². The Hall–Kier alpha value is -1.64. The number of H-pyrrole nitrogens is 1. The van der Waals surface area contributed by atoms with E-state index in [2.05, 4.69) is 25.5 Å². The van der Waals surface area contributed by atoms with Crippen molar-refractivity contribution in [1.29, 1.82) is 0 Å². The van der Waals surface area contributed by atoms with E-state index in [-0.39, 0.29) is 5.95 Å². The van der Waals surface area contributed by atoms with Gasteiger partial charge in [-0.25, -0.2) is 4.98 Å². The van der Waals surface area contributed by atoms with Crippen molar-refractivity contribution in [2.45, 2.75) is 19.5 Å². The van der Waals surface area contributed by atoms with Crippen LogP contribution in [0.1, 0.15) is 16.5 Å². The summed E-state index contributed by atoms with van der Waals surface area (Å²) in [5, 5.41) is 11.1. The minimum absolute atomic E-state index is 0.0609. The largest absolute Gasteiger partial charge is 0.405 e. The van der Waals surface area contributed by atoms with Crippen molar-refractivity contribution in [2.75, 3.05) is 11.9 Å². The average Bonchev–Trinajstić information content (AvgIpc) is 2.85. The van der Waals surface area contributed by atoms with Crippen LogP contribution < -0.4 is 5.32 Å². The van der Waals surface area contributed by atoms with Gasteiger partial charge in [-0.3, -0.25) is 5.10 Å². The van der Waals surface area contributed by atoms with Crippen molar-refractivity contribution in [3.63, 3.8) is 0 Å². The van der Waals surface area contributed by atoms with E-state index in [1.54, 1.807) is 0 Å². The molecule has 5 nitrogen and oxygen atoms in total. The summed E-state index contributed by atoms with van der Waals surface area (Å²) < 4.78 is 35.9. The highest BCUT2D eigenvalue weighted by Gasteiger charge is 2.27. The maximum atomic E-state index is 12.0. The third kappa shape index (κ3) is 3.69. The fraction of sp³-hybridized carbons (Fsp3) is 0.444. The van der Waals surface area contributed by atoms with Crippen LogP contribution in [0.3, 0.4) is 0 Å². The van der Waals surface area contributed by atoms with Crippen molar-refractivity contribution in [3.8, 4) is 0 Å². The van der Waals surface area contributed by atoms with Crippen LogP contribution in [-0.4, -0.2) is 32.9 Å². The lowest BCUT2D eigenvalue weighted by molar-refractivity contribution is -0.115. The zero-order valence-electron chi connectivity index (χ0n) is 9.38. The van der Waals surface area contributed by atoms with Gasteiger partial charge < -0.3 is 5.32 Å². The van der Waals surface area contributed by atoms with E-state index >= 15 is 0 Å². The molecule has 0 saturated heterocycles. The molecule has 98 valence electrons. The lowest BCUT2D eigenvalue weighted by atomic mass is 10.3. The zero-order valence-corrected chi connectivity index (χ0v) is 10.2. The molecule has 0 unspecified atom stereocenters. The lowest BCUT2D eigenvalue weighted by Crippen LogP contribution is -2.21. The molecular weight excluding hydrogens is 267 g/mol. The molecule has 9 heteroatoms. The van der Waals surface area contributed by atoms with Crippen LogP contribution in [0.25, 0.3) is 0 Å². The number of nitrogens with one attached hydrogen (secondary N) is 2. The number of alkyl halides is 3. The monoisotopic (exact) mass is 277 g/mol. The Kier molecular flexibility index (Phi) is 3.50. The molecule has 2 aromatic rings. The lowest BCUT2D eigenvalue weighted by Gasteiger charge is -2.04. The number of anilines is 1. The first-order valence-electron chi connectivity index (χ1n) is 5.05. The Morgan fingerprint density at radius 3 is 2.78 bits per heavy atom. The van der Waals surface area contributed by atoms with Crippen molar-refractivity contribution in [1.82, 2.24) is 20.2 Å². The third-order valence-corrected chi connectivity index (χ3v) is 2.82. The van der Waals surface area contributed by atoms with Gasteiger partial charge in [-0.2, -0.15) is 18.2 Å². The first kappa shape index (κ1) is 12.8. The molecule has 0 aliphatic heterocycles. The number of aryl methyl sites for hydroxylation is 1. The van der Waals surface area contributed by atoms with Crippen LogP contribution in [0.2, 0.25) is 0 Å². The first-order chi connectivity index (χ1) is 8.42. The number of aromatic amines is 1. The quantitative estimate of drug-likeness (QED) is 0.898. The van der Waals surface area contributed by atoms with Crippen LogP contribution in [0.4, 0.5) is 19.1 Å². The standard InChI is InChI=1S/C9H10F3N5S/c1-5-14-6(3-18-5)2-7-15-8(17-16-7)13-4-9(10,11)12/h3H,2,4H2,1H3,(H2,13,15,16,17). The highest BCUT2D eigenvalue weighted by atomic mass is 32.1. The molecule has 2 rings (SSSR count). The number of hydrogen-bond acceptors (Lipinski definition) is 5. The molecule has 0 aliphatic rings. The van der Waals surface area contributed by atoms with Gasteiger partial charge in [-0.1, -0.05) is 0 Å². The van der Waals surface area contributed by atoms with Gasteiger partial charge in [-0.05, 0) is 6.92 Å². The molecule has 2 aromatic heterocycles. The van der Waals surface area contributed by atoms with E-state index in [1.807, 2.05) is 12.3 Å². The van der Waals surface area contributed by atoms with Crippen molar-refractivity contribution in [2.24, 2.45) is 0 Å². The molecule has 18 heavy (non-hydrogen) atoms. The van der Waals surface area contributed by atoms with E-state index in [0.717, 1.165) is 10.7 Å². The van der Waals surface area contributed by atoms with Gasteiger partial charge in [0.05, 0.1) is 17.1 Å². The van der Waals surface area contributed by atoms with E-state index in [4.69, 9.17) is 0 Å². The van der Waals surface area contributed by atoms with Gasteiger partial charge in [0.1, 0.15) is 12.4 Å². The summed E-state index contributed by atoms with van der Waals surface area (Å²) in [6.45, 7) is 0.727. The Labute approximate surface area is 104 Å².